The molecule has 0 saturated carbocycles. The van der Waals surface area contributed by atoms with E-state index in [1.807, 2.05) is 33.8 Å². The number of aromatic hydroxyl groups is 3. The lowest BCUT2D eigenvalue weighted by Crippen LogP contribution is -2.34. The van der Waals surface area contributed by atoms with E-state index in [9.17, 15) is 20.1 Å². The molecule has 0 bridgehead atoms. The maximum atomic E-state index is 13.1. The van der Waals surface area contributed by atoms with Gasteiger partial charge in [0.2, 0.25) is 0 Å². The maximum Gasteiger partial charge on any atom is 0.174 e. The highest BCUT2D eigenvalue weighted by molar-refractivity contribution is 6.04. The summed E-state index contributed by atoms with van der Waals surface area (Å²) >= 11 is 0. The summed E-state index contributed by atoms with van der Waals surface area (Å²) in [6, 6.07) is 4.38. The van der Waals surface area contributed by atoms with Gasteiger partial charge in [0, 0.05) is 11.1 Å². The number of Topliss-reactive ketones (excluding diaryl/α,β-unsaturated/α-hetero) is 1. The van der Waals surface area contributed by atoms with Crippen LogP contribution in [0.1, 0.15) is 73.7 Å². The molecule has 2 aliphatic rings. The SMILES string of the molecule is CC(C)=CCc1c2c(c(O)c3c1O[C@H](c1ccc(O)c(O)c1)CC3=O)CCC(C)(C)O2. The molecule has 6 heteroatoms. The quantitative estimate of drug-likeness (QED) is 0.467. The maximum absolute atomic E-state index is 13.1. The van der Waals surface area contributed by atoms with Gasteiger partial charge < -0.3 is 24.8 Å². The summed E-state index contributed by atoms with van der Waals surface area (Å²) in [7, 11) is 0. The van der Waals surface area contributed by atoms with Crippen molar-refractivity contribution in [2.24, 2.45) is 0 Å². The standard InChI is InChI=1S/C25H28O6/c1-13(2)5-7-16-23-15(9-10-25(3,4)31-23)22(29)21-19(28)12-20(30-24(16)21)14-6-8-17(26)18(27)11-14/h5-6,8,11,20,26-27,29H,7,9-10,12H2,1-4H3/t20-/m0/s1. The largest absolute Gasteiger partial charge is 0.507 e. The van der Waals surface area contributed by atoms with E-state index in [-0.39, 0.29) is 35.0 Å². The van der Waals surface area contributed by atoms with E-state index in [4.69, 9.17) is 9.47 Å². The number of benzene rings is 2. The molecule has 0 unspecified atom stereocenters. The molecule has 3 N–H and O–H groups in total. The molecule has 31 heavy (non-hydrogen) atoms. The molecule has 0 radical (unpaired) electrons. The minimum atomic E-state index is -0.647. The first kappa shape index (κ1) is 21.1. The molecular weight excluding hydrogens is 396 g/mol. The summed E-state index contributed by atoms with van der Waals surface area (Å²) < 4.78 is 12.6. The second kappa shape index (κ2) is 7.52. The Hall–Kier alpha value is -3.15. The summed E-state index contributed by atoms with van der Waals surface area (Å²) in [6.07, 6.45) is 3.28. The third kappa shape index (κ3) is 3.82. The van der Waals surface area contributed by atoms with Crippen molar-refractivity contribution in [2.75, 3.05) is 0 Å². The number of rotatable bonds is 3. The number of allylic oxidation sites excluding steroid dienone is 2. The highest BCUT2D eigenvalue weighted by Crippen LogP contribution is 2.52. The highest BCUT2D eigenvalue weighted by Gasteiger charge is 2.39. The number of hydrogen-bond acceptors (Lipinski definition) is 6. The number of hydrogen-bond donors (Lipinski definition) is 3. The molecule has 4 rings (SSSR count). The van der Waals surface area contributed by atoms with E-state index in [1.165, 1.54) is 12.1 Å². The van der Waals surface area contributed by atoms with Crippen LogP contribution < -0.4 is 9.47 Å². The Morgan fingerprint density at radius 3 is 2.58 bits per heavy atom. The van der Waals surface area contributed by atoms with Gasteiger partial charge in [0.1, 0.15) is 34.5 Å². The molecule has 2 aromatic rings. The van der Waals surface area contributed by atoms with Crippen LogP contribution in [-0.2, 0) is 12.8 Å². The smallest absolute Gasteiger partial charge is 0.174 e. The highest BCUT2D eigenvalue weighted by atomic mass is 16.5. The van der Waals surface area contributed by atoms with Gasteiger partial charge >= 0.3 is 0 Å². The van der Waals surface area contributed by atoms with Crippen LogP contribution in [0.2, 0.25) is 0 Å². The Kier molecular flexibility index (Phi) is 5.12. The van der Waals surface area contributed by atoms with Gasteiger partial charge in [0.15, 0.2) is 17.3 Å². The average Bonchev–Trinajstić information content (AvgIpc) is 2.68. The molecule has 0 amide bonds. The minimum Gasteiger partial charge on any atom is -0.507 e. The van der Waals surface area contributed by atoms with Crippen molar-refractivity contribution in [3.05, 3.63) is 52.1 Å². The number of carbonyl (C=O) groups is 1. The molecule has 0 fully saturated rings. The molecule has 0 saturated heterocycles. The van der Waals surface area contributed by atoms with Crippen LogP contribution in [0, 0.1) is 0 Å². The molecule has 1 atom stereocenters. The number of fused-ring (bicyclic) bond motifs is 2. The van der Waals surface area contributed by atoms with Gasteiger partial charge in [0.25, 0.3) is 0 Å². The summed E-state index contributed by atoms with van der Waals surface area (Å²) in [6.45, 7) is 8.01. The summed E-state index contributed by atoms with van der Waals surface area (Å²) in [5, 5.41) is 30.5. The number of phenolic OH excluding ortho intramolecular Hbond substituents is 3. The summed E-state index contributed by atoms with van der Waals surface area (Å²) in [5.41, 5.74) is 2.91. The second-order valence-electron chi connectivity index (χ2n) is 9.17. The number of ketones is 1. The third-order valence-electron chi connectivity index (χ3n) is 5.92. The van der Waals surface area contributed by atoms with Crippen molar-refractivity contribution >= 4 is 5.78 Å². The van der Waals surface area contributed by atoms with Gasteiger partial charge in [-0.15, -0.1) is 0 Å². The van der Waals surface area contributed by atoms with Crippen LogP contribution in [0.4, 0.5) is 0 Å². The fraction of sp³-hybridized carbons (Fsp3) is 0.400. The predicted octanol–water partition coefficient (Wildman–Crippen LogP) is 5.12. The minimum absolute atomic E-state index is 0.0258. The van der Waals surface area contributed by atoms with Crippen molar-refractivity contribution in [2.45, 2.75) is 65.1 Å². The van der Waals surface area contributed by atoms with Crippen LogP contribution in [0.15, 0.2) is 29.8 Å². The van der Waals surface area contributed by atoms with Gasteiger partial charge in [-0.25, -0.2) is 0 Å². The fourth-order valence-electron chi connectivity index (χ4n) is 4.17. The van der Waals surface area contributed by atoms with E-state index < -0.39 is 11.7 Å². The van der Waals surface area contributed by atoms with E-state index in [0.29, 0.717) is 35.5 Å². The zero-order chi connectivity index (χ0) is 22.5. The van der Waals surface area contributed by atoms with E-state index in [0.717, 1.165) is 17.6 Å². The van der Waals surface area contributed by atoms with Gasteiger partial charge in [-0.2, -0.15) is 0 Å². The number of carbonyl (C=O) groups excluding carboxylic acids is 1. The Labute approximate surface area is 181 Å². The Morgan fingerprint density at radius 2 is 1.90 bits per heavy atom. The van der Waals surface area contributed by atoms with Crippen LogP contribution in [-0.4, -0.2) is 26.7 Å². The molecule has 0 spiro atoms. The van der Waals surface area contributed by atoms with Crippen LogP contribution in [0.25, 0.3) is 0 Å². The van der Waals surface area contributed by atoms with Gasteiger partial charge in [-0.1, -0.05) is 17.7 Å². The van der Waals surface area contributed by atoms with Gasteiger partial charge in [0.05, 0.1) is 6.42 Å². The van der Waals surface area contributed by atoms with Crippen molar-refractivity contribution < 1.29 is 29.6 Å². The van der Waals surface area contributed by atoms with Crippen LogP contribution in [0.5, 0.6) is 28.7 Å². The number of ether oxygens (including phenoxy) is 2. The zero-order valence-electron chi connectivity index (χ0n) is 18.3. The zero-order valence-corrected chi connectivity index (χ0v) is 18.3. The monoisotopic (exact) mass is 424 g/mol. The summed E-state index contributed by atoms with van der Waals surface area (Å²) in [5.74, 6) is 0.133. The van der Waals surface area contributed by atoms with Crippen molar-refractivity contribution in [3.8, 4) is 28.7 Å². The Balaban J connectivity index is 1.88. The van der Waals surface area contributed by atoms with E-state index in [2.05, 4.69) is 0 Å². The topological polar surface area (TPSA) is 96.2 Å². The first-order chi connectivity index (χ1) is 14.6. The molecule has 0 aliphatic carbocycles. The Bertz CT molecular complexity index is 1090. The van der Waals surface area contributed by atoms with E-state index in [1.54, 1.807) is 6.07 Å². The summed E-state index contributed by atoms with van der Waals surface area (Å²) in [4.78, 5) is 13.1. The van der Waals surface area contributed by atoms with Crippen molar-refractivity contribution in [1.82, 2.24) is 0 Å². The molecule has 6 nitrogen and oxygen atoms in total. The van der Waals surface area contributed by atoms with Gasteiger partial charge in [-0.05, 0) is 64.7 Å². The molecular formula is C25H28O6. The van der Waals surface area contributed by atoms with Crippen LogP contribution >= 0.6 is 0 Å². The predicted molar refractivity (Wildman–Crippen MR) is 116 cm³/mol. The van der Waals surface area contributed by atoms with Gasteiger partial charge in [-0.3, -0.25) is 4.79 Å². The average molecular weight is 424 g/mol. The van der Waals surface area contributed by atoms with Crippen LogP contribution in [0.3, 0.4) is 0 Å². The first-order valence-corrected chi connectivity index (χ1v) is 10.5. The first-order valence-electron chi connectivity index (χ1n) is 10.5. The van der Waals surface area contributed by atoms with E-state index >= 15 is 0 Å². The Morgan fingerprint density at radius 1 is 1.16 bits per heavy atom. The lowest BCUT2D eigenvalue weighted by atomic mass is 9.85. The third-order valence-corrected chi connectivity index (χ3v) is 5.92. The molecule has 2 aromatic carbocycles. The lowest BCUT2D eigenvalue weighted by molar-refractivity contribution is 0.0769. The normalized spacial score (nSPS) is 19.0. The number of phenols is 3. The molecule has 0 aromatic heterocycles. The van der Waals surface area contributed by atoms with Crippen molar-refractivity contribution in [1.29, 1.82) is 0 Å². The molecule has 2 heterocycles. The molecule has 164 valence electrons. The lowest BCUT2D eigenvalue weighted by Gasteiger charge is -2.37. The fourth-order valence-corrected chi connectivity index (χ4v) is 4.17. The second-order valence-corrected chi connectivity index (χ2v) is 9.17. The van der Waals surface area contributed by atoms with Crippen molar-refractivity contribution in [3.63, 3.8) is 0 Å². The molecule has 2 aliphatic heterocycles.